The second-order valence-electron chi connectivity index (χ2n) is 2.55. The number of fused-ring (bicyclic) bond motifs is 1. The molecule has 0 aliphatic carbocycles. The SMILES string of the molecule is IN1Cc2ccccc2C1. The zero-order valence-electron chi connectivity index (χ0n) is 5.55. The summed E-state index contributed by atoms with van der Waals surface area (Å²) in [6.07, 6.45) is 0. The highest BCUT2D eigenvalue weighted by atomic mass is 127. The first-order valence-corrected chi connectivity index (χ1v) is 4.30. The van der Waals surface area contributed by atoms with Crippen LogP contribution in [0.4, 0.5) is 0 Å². The lowest BCUT2D eigenvalue weighted by Crippen LogP contribution is -1.97. The summed E-state index contributed by atoms with van der Waals surface area (Å²) >= 11 is 2.36. The van der Waals surface area contributed by atoms with Crippen LogP contribution in [0.15, 0.2) is 24.3 Å². The van der Waals surface area contributed by atoms with E-state index in [1.165, 1.54) is 11.1 Å². The van der Waals surface area contributed by atoms with Gasteiger partial charge in [0.2, 0.25) is 0 Å². The maximum absolute atomic E-state index is 2.36. The molecule has 0 saturated carbocycles. The Labute approximate surface area is 74.5 Å². The van der Waals surface area contributed by atoms with E-state index in [0.29, 0.717) is 0 Å². The molecule has 0 saturated heterocycles. The van der Waals surface area contributed by atoms with Crippen LogP contribution in [0.1, 0.15) is 11.1 Å². The molecule has 0 N–H and O–H groups in total. The van der Waals surface area contributed by atoms with Gasteiger partial charge in [-0.25, -0.2) is 3.11 Å². The third kappa shape index (κ3) is 1.06. The van der Waals surface area contributed by atoms with E-state index in [2.05, 4.69) is 50.2 Å². The predicted molar refractivity (Wildman–Crippen MR) is 49.7 cm³/mol. The van der Waals surface area contributed by atoms with Gasteiger partial charge in [-0.3, -0.25) is 0 Å². The number of rotatable bonds is 0. The molecule has 0 unspecified atom stereocenters. The summed E-state index contributed by atoms with van der Waals surface area (Å²) < 4.78 is 2.29. The lowest BCUT2D eigenvalue weighted by molar-refractivity contribution is 0.554. The van der Waals surface area contributed by atoms with Gasteiger partial charge >= 0.3 is 0 Å². The van der Waals surface area contributed by atoms with E-state index in [9.17, 15) is 0 Å². The van der Waals surface area contributed by atoms with Gasteiger partial charge in [0.1, 0.15) is 0 Å². The molecule has 0 amide bonds. The molecule has 1 heterocycles. The van der Waals surface area contributed by atoms with Gasteiger partial charge in [-0.05, 0) is 11.1 Å². The van der Waals surface area contributed by atoms with Crippen molar-refractivity contribution >= 4 is 22.9 Å². The van der Waals surface area contributed by atoms with Crippen molar-refractivity contribution in [2.75, 3.05) is 0 Å². The quantitative estimate of drug-likeness (QED) is 0.501. The first-order valence-electron chi connectivity index (χ1n) is 3.34. The van der Waals surface area contributed by atoms with Crippen LogP contribution in [0, 0.1) is 0 Å². The van der Waals surface area contributed by atoms with Gasteiger partial charge in [0.25, 0.3) is 0 Å². The van der Waals surface area contributed by atoms with Crippen LogP contribution in [-0.4, -0.2) is 3.11 Å². The number of hydrogen-bond donors (Lipinski definition) is 0. The monoisotopic (exact) mass is 245 g/mol. The number of halogens is 1. The molecule has 2 heteroatoms. The first-order chi connectivity index (χ1) is 4.86. The van der Waals surface area contributed by atoms with Gasteiger partial charge < -0.3 is 0 Å². The molecule has 1 aliphatic heterocycles. The Kier molecular flexibility index (Phi) is 1.66. The summed E-state index contributed by atoms with van der Waals surface area (Å²) in [5.74, 6) is 0. The summed E-state index contributed by atoms with van der Waals surface area (Å²) in [6, 6.07) is 8.62. The summed E-state index contributed by atoms with van der Waals surface area (Å²) in [7, 11) is 0. The van der Waals surface area contributed by atoms with Gasteiger partial charge in [-0.15, -0.1) is 0 Å². The Bertz CT molecular complexity index is 222. The number of benzene rings is 1. The van der Waals surface area contributed by atoms with E-state index < -0.39 is 0 Å². The molecule has 2 rings (SSSR count). The van der Waals surface area contributed by atoms with Crippen LogP contribution >= 0.6 is 22.9 Å². The minimum atomic E-state index is 1.11. The Morgan fingerprint density at radius 2 is 1.60 bits per heavy atom. The third-order valence-electron chi connectivity index (χ3n) is 1.80. The molecule has 0 fully saturated rings. The number of hydrogen-bond acceptors (Lipinski definition) is 1. The molecule has 0 bridgehead atoms. The Balaban J connectivity index is 2.42. The molecule has 0 spiro atoms. The lowest BCUT2D eigenvalue weighted by Gasteiger charge is -1.99. The highest BCUT2D eigenvalue weighted by Crippen LogP contribution is 2.24. The lowest BCUT2D eigenvalue weighted by atomic mass is 10.1. The summed E-state index contributed by atoms with van der Waals surface area (Å²) in [5, 5.41) is 0. The molecule has 0 atom stereocenters. The van der Waals surface area contributed by atoms with Crippen LogP contribution in [0.2, 0.25) is 0 Å². The van der Waals surface area contributed by atoms with E-state index in [-0.39, 0.29) is 0 Å². The second-order valence-corrected chi connectivity index (χ2v) is 3.91. The van der Waals surface area contributed by atoms with Crippen molar-refractivity contribution in [2.45, 2.75) is 13.1 Å². The summed E-state index contributed by atoms with van der Waals surface area (Å²) in [5.41, 5.74) is 2.97. The molecule has 1 aromatic rings. The maximum atomic E-state index is 2.36. The molecular formula is C8H8IN. The maximum Gasteiger partial charge on any atom is 0.0339 e. The van der Waals surface area contributed by atoms with Gasteiger partial charge in [-0.1, -0.05) is 24.3 Å². The van der Waals surface area contributed by atoms with Crippen LogP contribution in [0.5, 0.6) is 0 Å². The van der Waals surface area contributed by atoms with Crippen molar-refractivity contribution in [1.82, 2.24) is 3.11 Å². The van der Waals surface area contributed by atoms with Gasteiger partial charge in [0.15, 0.2) is 0 Å². The van der Waals surface area contributed by atoms with Gasteiger partial charge in [-0.2, -0.15) is 0 Å². The molecule has 1 aromatic carbocycles. The van der Waals surface area contributed by atoms with Crippen LogP contribution < -0.4 is 0 Å². The third-order valence-corrected chi connectivity index (χ3v) is 2.48. The fourth-order valence-corrected chi connectivity index (χ4v) is 2.03. The molecule has 0 radical (unpaired) electrons. The van der Waals surface area contributed by atoms with Crippen molar-refractivity contribution < 1.29 is 0 Å². The molecule has 52 valence electrons. The van der Waals surface area contributed by atoms with E-state index in [4.69, 9.17) is 0 Å². The fraction of sp³-hybridized carbons (Fsp3) is 0.250. The van der Waals surface area contributed by atoms with E-state index >= 15 is 0 Å². The molecule has 1 nitrogen and oxygen atoms in total. The fourth-order valence-electron chi connectivity index (χ4n) is 1.29. The largest absolute Gasteiger partial charge is 0.239 e. The molecule has 1 aliphatic rings. The van der Waals surface area contributed by atoms with Crippen LogP contribution in [0.3, 0.4) is 0 Å². The molecule has 10 heavy (non-hydrogen) atoms. The average molecular weight is 245 g/mol. The summed E-state index contributed by atoms with van der Waals surface area (Å²) in [4.78, 5) is 0. The highest BCUT2D eigenvalue weighted by molar-refractivity contribution is 14.1. The predicted octanol–water partition coefficient (Wildman–Crippen LogP) is 2.35. The van der Waals surface area contributed by atoms with E-state index in [1.807, 2.05) is 0 Å². The Morgan fingerprint density at radius 3 is 2.10 bits per heavy atom. The van der Waals surface area contributed by atoms with Crippen molar-refractivity contribution in [2.24, 2.45) is 0 Å². The van der Waals surface area contributed by atoms with Gasteiger partial charge in [0, 0.05) is 36.0 Å². The standard InChI is InChI=1S/C8H8IN/c9-10-5-7-3-1-2-4-8(7)6-10/h1-4H,5-6H2. The highest BCUT2D eigenvalue weighted by Gasteiger charge is 2.14. The molecule has 0 aromatic heterocycles. The zero-order chi connectivity index (χ0) is 6.97. The molecular weight excluding hydrogens is 237 g/mol. The van der Waals surface area contributed by atoms with Crippen LogP contribution in [-0.2, 0) is 13.1 Å². The Morgan fingerprint density at radius 1 is 1.10 bits per heavy atom. The van der Waals surface area contributed by atoms with Crippen molar-refractivity contribution in [3.63, 3.8) is 0 Å². The summed E-state index contributed by atoms with van der Waals surface area (Å²) in [6.45, 7) is 2.22. The minimum Gasteiger partial charge on any atom is -0.239 e. The first kappa shape index (κ1) is 6.61. The normalized spacial score (nSPS) is 17.3. The van der Waals surface area contributed by atoms with E-state index in [1.54, 1.807) is 0 Å². The average Bonchev–Trinajstić information content (AvgIpc) is 2.27. The van der Waals surface area contributed by atoms with Crippen molar-refractivity contribution in [3.8, 4) is 0 Å². The topological polar surface area (TPSA) is 3.24 Å². The van der Waals surface area contributed by atoms with Crippen molar-refractivity contribution in [1.29, 1.82) is 0 Å². The minimum absolute atomic E-state index is 1.11. The zero-order valence-corrected chi connectivity index (χ0v) is 7.71. The van der Waals surface area contributed by atoms with E-state index in [0.717, 1.165) is 13.1 Å². The Hall–Kier alpha value is -0.0900. The van der Waals surface area contributed by atoms with Crippen LogP contribution in [0.25, 0.3) is 0 Å². The number of nitrogens with zero attached hydrogens (tertiary/aromatic N) is 1. The van der Waals surface area contributed by atoms with Crippen molar-refractivity contribution in [3.05, 3.63) is 35.4 Å². The second kappa shape index (κ2) is 2.51. The smallest absolute Gasteiger partial charge is 0.0339 e. The van der Waals surface area contributed by atoms with Gasteiger partial charge in [0.05, 0.1) is 0 Å².